The van der Waals surface area contributed by atoms with Gasteiger partial charge in [-0.1, -0.05) is 18.2 Å². The first-order chi connectivity index (χ1) is 11.7. The average Bonchev–Trinajstić information content (AvgIpc) is 3.09. The van der Waals surface area contributed by atoms with Crippen LogP contribution < -0.4 is 33.4 Å². The zero-order chi connectivity index (χ0) is 16.8. The number of benzene rings is 2. The fourth-order valence-electron chi connectivity index (χ4n) is 3.33. The lowest BCUT2D eigenvalue weighted by Gasteiger charge is -2.13. The van der Waals surface area contributed by atoms with Crippen LogP contribution in [0.3, 0.4) is 0 Å². The Hall–Kier alpha value is -2.22. The Balaban J connectivity index is 0.00000182. The Morgan fingerprint density at radius 1 is 0.960 bits per heavy atom. The van der Waals surface area contributed by atoms with Gasteiger partial charge in [-0.2, -0.15) is 0 Å². The Labute approximate surface area is 162 Å². The number of hydrogen-bond donors (Lipinski definition) is 0. The van der Waals surface area contributed by atoms with E-state index in [1.54, 1.807) is 12.1 Å². The van der Waals surface area contributed by atoms with Gasteiger partial charge >= 0.3 is 0 Å². The number of aryl methyl sites for hydroxylation is 2. The molecule has 1 aliphatic heterocycles. The molecule has 2 aromatic carbocycles. The van der Waals surface area contributed by atoms with Crippen LogP contribution in [0, 0.1) is 0 Å². The van der Waals surface area contributed by atoms with Gasteiger partial charge in [-0.3, -0.25) is 9.59 Å². The van der Waals surface area contributed by atoms with Gasteiger partial charge in [-0.15, -0.1) is 0 Å². The quantitative estimate of drug-likeness (QED) is 0.317. The molecule has 3 aromatic rings. The molecule has 1 aromatic heterocycles. The van der Waals surface area contributed by atoms with Crippen LogP contribution in [0.15, 0.2) is 48.8 Å². The highest BCUT2D eigenvalue weighted by Gasteiger charge is 2.38. The Morgan fingerprint density at radius 2 is 1.60 bits per heavy atom. The van der Waals surface area contributed by atoms with E-state index in [4.69, 9.17) is 0 Å². The summed E-state index contributed by atoms with van der Waals surface area (Å²) >= 11 is 0. The van der Waals surface area contributed by atoms with E-state index in [1.165, 1.54) is 4.90 Å². The summed E-state index contributed by atoms with van der Waals surface area (Å²) in [5.41, 5.74) is 3.53. The van der Waals surface area contributed by atoms with Crippen molar-refractivity contribution in [2.75, 3.05) is 4.90 Å². The molecule has 128 valence electrons. The number of hydrogen-bond acceptors (Lipinski definition) is 2. The Bertz CT molecular complexity index is 921. The summed E-state index contributed by atoms with van der Waals surface area (Å²) in [5, 5.41) is 0. The fourth-order valence-corrected chi connectivity index (χ4v) is 3.33. The minimum atomic E-state index is -0.255. The van der Waals surface area contributed by atoms with Gasteiger partial charge in [0, 0.05) is 12.1 Å². The normalized spacial score (nSPS) is 13.3. The maximum atomic E-state index is 12.8. The van der Waals surface area contributed by atoms with Crippen LogP contribution in [0.4, 0.5) is 5.69 Å². The minimum absolute atomic E-state index is 0. The predicted octanol–water partition coefficient (Wildman–Crippen LogP) is -0.227. The number of rotatable bonds is 3. The lowest BCUT2D eigenvalue weighted by Crippen LogP contribution is -3.00. The highest BCUT2D eigenvalue weighted by atomic mass is 127. The molecule has 2 heterocycles. The standard InChI is InChI=1S/C19H18N3O2.HI/c1-3-20-12-21(4-2)17-11-15-14(10-16(17)20)18(23)22(19(15)24)13-8-6-5-7-9-13;/h5-12H,3-4H2,1-2H3;1H/q+1;/p-1. The van der Waals surface area contributed by atoms with Crippen LogP contribution in [0.25, 0.3) is 11.0 Å². The summed E-state index contributed by atoms with van der Waals surface area (Å²) < 4.78 is 4.20. The van der Waals surface area contributed by atoms with Crippen molar-refractivity contribution in [1.29, 1.82) is 0 Å². The van der Waals surface area contributed by atoms with Gasteiger partial charge in [0.25, 0.3) is 11.8 Å². The zero-order valence-corrected chi connectivity index (χ0v) is 16.2. The lowest BCUT2D eigenvalue weighted by molar-refractivity contribution is -0.668. The number of para-hydroxylation sites is 1. The van der Waals surface area contributed by atoms with E-state index < -0.39 is 0 Å². The SMILES string of the molecule is CCn1c[n+](CC)c2cc3c(cc21)C(=O)N(c1ccccc1)C3=O.[I-]. The average molecular weight is 447 g/mol. The Morgan fingerprint density at radius 3 is 2.20 bits per heavy atom. The number of nitrogens with zero attached hydrogens (tertiary/aromatic N) is 3. The molecular formula is C19H18IN3O2. The van der Waals surface area contributed by atoms with Crippen molar-refractivity contribution >= 4 is 28.5 Å². The summed E-state index contributed by atoms with van der Waals surface area (Å²) in [4.78, 5) is 26.9. The molecule has 0 N–H and O–H groups in total. The molecule has 0 bridgehead atoms. The maximum absolute atomic E-state index is 12.8. The van der Waals surface area contributed by atoms with Gasteiger partial charge in [0.1, 0.15) is 0 Å². The van der Waals surface area contributed by atoms with Crippen molar-refractivity contribution in [2.45, 2.75) is 26.9 Å². The maximum Gasteiger partial charge on any atom is 0.266 e. The number of carbonyl (C=O) groups is 2. The van der Waals surface area contributed by atoms with Gasteiger partial charge in [0.05, 0.1) is 29.9 Å². The first-order valence-electron chi connectivity index (χ1n) is 8.15. The van der Waals surface area contributed by atoms with Crippen molar-refractivity contribution in [3.63, 3.8) is 0 Å². The van der Waals surface area contributed by atoms with Gasteiger partial charge < -0.3 is 24.0 Å². The van der Waals surface area contributed by atoms with Crippen LogP contribution in [0.2, 0.25) is 0 Å². The van der Waals surface area contributed by atoms with E-state index in [-0.39, 0.29) is 35.8 Å². The largest absolute Gasteiger partial charge is 1.00 e. The van der Waals surface area contributed by atoms with Crippen LogP contribution >= 0.6 is 0 Å². The van der Waals surface area contributed by atoms with Crippen molar-refractivity contribution < 1.29 is 38.1 Å². The van der Waals surface area contributed by atoms with Gasteiger partial charge in [0.15, 0.2) is 11.0 Å². The third-order valence-corrected chi connectivity index (χ3v) is 4.58. The molecule has 0 saturated heterocycles. The van der Waals surface area contributed by atoms with Crippen LogP contribution in [-0.4, -0.2) is 16.4 Å². The molecule has 2 amide bonds. The number of halogens is 1. The van der Waals surface area contributed by atoms with Crippen molar-refractivity contribution in [3.05, 3.63) is 59.9 Å². The fraction of sp³-hybridized carbons (Fsp3) is 0.211. The van der Waals surface area contributed by atoms with Gasteiger partial charge in [0.2, 0.25) is 6.33 Å². The van der Waals surface area contributed by atoms with E-state index >= 15 is 0 Å². The number of aromatic nitrogens is 2. The summed E-state index contributed by atoms with van der Waals surface area (Å²) in [6.07, 6.45) is 2.03. The lowest BCUT2D eigenvalue weighted by atomic mass is 10.1. The molecule has 6 heteroatoms. The number of fused-ring (bicyclic) bond motifs is 2. The number of imidazole rings is 1. The molecule has 0 spiro atoms. The van der Waals surface area contributed by atoms with Gasteiger partial charge in [-0.25, -0.2) is 14.0 Å². The third-order valence-electron chi connectivity index (χ3n) is 4.58. The third kappa shape index (κ3) is 2.55. The number of anilines is 1. The molecule has 0 aliphatic carbocycles. The molecule has 25 heavy (non-hydrogen) atoms. The second-order valence-electron chi connectivity index (χ2n) is 5.86. The van der Waals surface area contributed by atoms with E-state index in [0.717, 1.165) is 24.1 Å². The molecule has 1 aliphatic rings. The van der Waals surface area contributed by atoms with E-state index in [1.807, 2.05) is 36.7 Å². The first kappa shape index (κ1) is 17.6. The van der Waals surface area contributed by atoms with E-state index in [9.17, 15) is 9.59 Å². The zero-order valence-electron chi connectivity index (χ0n) is 14.1. The molecule has 0 atom stereocenters. The smallest absolute Gasteiger partial charge is 0.266 e. The van der Waals surface area contributed by atoms with Gasteiger partial charge in [-0.05, 0) is 26.0 Å². The first-order valence-corrected chi connectivity index (χ1v) is 8.15. The molecule has 0 saturated carbocycles. The second-order valence-corrected chi connectivity index (χ2v) is 5.86. The highest BCUT2D eigenvalue weighted by molar-refractivity contribution is 6.35. The molecular weight excluding hydrogens is 429 g/mol. The topological polar surface area (TPSA) is 46.2 Å². The predicted molar refractivity (Wildman–Crippen MR) is 91.1 cm³/mol. The Kier molecular flexibility index (Phi) is 4.64. The van der Waals surface area contributed by atoms with Crippen molar-refractivity contribution in [2.24, 2.45) is 0 Å². The molecule has 0 fully saturated rings. The van der Waals surface area contributed by atoms with E-state index in [2.05, 4.69) is 23.0 Å². The summed E-state index contributed by atoms with van der Waals surface area (Å²) in [5.74, 6) is -0.509. The van der Waals surface area contributed by atoms with Crippen molar-refractivity contribution in [1.82, 2.24) is 4.57 Å². The molecule has 5 nitrogen and oxygen atoms in total. The van der Waals surface area contributed by atoms with Crippen molar-refractivity contribution in [3.8, 4) is 0 Å². The summed E-state index contributed by atoms with van der Waals surface area (Å²) in [6, 6.07) is 12.8. The minimum Gasteiger partial charge on any atom is -1.00 e. The number of imide groups is 1. The monoisotopic (exact) mass is 447 g/mol. The summed E-state index contributed by atoms with van der Waals surface area (Å²) in [6.45, 7) is 5.76. The highest BCUT2D eigenvalue weighted by Crippen LogP contribution is 2.30. The summed E-state index contributed by atoms with van der Waals surface area (Å²) in [7, 11) is 0. The molecule has 0 unspecified atom stereocenters. The molecule has 0 radical (unpaired) electrons. The van der Waals surface area contributed by atoms with Crippen LogP contribution in [0.1, 0.15) is 34.6 Å². The van der Waals surface area contributed by atoms with Crippen LogP contribution in [-0.2, 0) is 13.1 Å². The number of amides is 2. The van der Waals surface area contributed by atoms with E-state index in [0.29, 0.717) is 16.8 Å². The number of carbonyl (C=O) groups excluding carboxylic acids is 2. The second kappa shape index (κ2) is 6.59. The van der Waals surface area contributed by atoms with Crippen LogP contribution in [0.5, 0.6) is 0 Å². The molecule has 4 rings (SSSR count).